The molecular formula is C26H16F4. The molecule has 0 saturated heterocycles. The van der Waals surface area contributed by atoms with E-state index >= 15 is 0 Å². The van der Waals surface area contributed by atoms with Crippen molar-refractivity contribution in [2.45, 2.75) is 13.3 Å². The van der Waals surface area contributed by atoms with Gasteiger partial charge in [0.1, 0.15) is 11.6 Å². The van der Waals surface area contributed by atoms with Crippen molar-refractivity contribution in [2.75, 3.05) is 0 Å². The van der Waals surface area contributed by atoms with Crippen LogP contribution in [0.1, 0.15) is 23.6 Å². The van der Waals surface area contributed by atoms with Gasteiger partial charge in [0, 0.05) is 11.1 Å². The smallest absolute Gasteiger partial charge is 0.159 e. The first-order chi connectivity index (χ1) is 14.4. The molecule has 0 saturated carbocycles. The Kier molecular flexibility index (Phi) is 5.29. The van der Waals surface area contributed by atoms with E-state index in [0.717, 1.165) is 24.1 Å². The second-order valence-corrected chi connectivity index (χ2v) is 6.94. The predicted molar refractivity (Wildman–Crippen MR) is 111 cm³/mol. The Bertz CT molecular complexity index is 1330. The number of hydrogen-bond acceptors (Lipinski definition) is 0. The Hall–Kier alpha value is -3.58. The van der Waals surface area contributed by atoms with Gasteiger partial charge in [-0.25, -0.2) is 17.6 Å². The summed E-state index contributed by atoms with van der Waals surface area (Å²) in [5.41, 5.74) is 2.38. The van der Waals surface area contributed by atoms with Gasteiger partial charge in [0.2, 0.25) is 0 Å². The van der Waals surface area contributed by atoms with Crippen LogP contribution in [0.25, 0.3) is 21.9 Å². The van der Waals surface area contributed by atoms with Crippen LogP contribution in [-0.2, 0) is 6.42 Å². The number of benzene rings is 4. The highest BCUT2D eigenvalue weighted by Gasteiger charge is 2.09. The molecule has 0 nitrogen and oxygen atoms in total. The van der Waals surface area contributed by atoms with Gasteiger partial charge in [-0.15, -0.1) is 0 Å². The summed E-state index contributed by atoms with van der Waals surface area (Å²) >= 11 is 0. The zero-order chi connectivity index (χ0) is 21.3. The molecule has 0 heterocycles. The fraction of sp³-hybridized carbons (Fsp3) is 0.0769. The summed E-state index contributed by atoms with van der Waals surface area (Å²) in [6, 6.07) is 16.4. The molecule has 30 heavy (non-hydrogen) atoms. The van der Waals surface area contributed by atoms with Crippen LogP contribution in [0.2, 0.25) is 0 Å². The number of hydrogen-bond donors (Lipinski definition) is 0. The van der Waals surface area contributed by atoms with Gasteiger partial charge < -0.3 is 0 Å². The van der Waals surface area contributed by atoms with E-state index in [0.29, 0.717) is 27.5 Å². The maximum absolute atomic E-state index is 14.7. The number of halogens is 4. The van der Waals surface area contributed by atoms with Gasteiger partial charge in [-0.3, -0.25) is 0 Å². The van der Waals surface area contributed by atoms with E-state index in [-0.39, 0.29) is 5.56 Å². The van der Waals surface area contributed by atoms with Gasteiger partial charge in [0.25, 0.3) is 0 Å². The van der Waals surface area contributed by atoms with Crippen molar-refractivity contribution < 1.29 is 17.6 Å². The van der Waals surface area contributed by atoms with Crippen LogP contribution in [0.3, 0.4) is 0 Å². The molecule has 0 aromatic heterocycles. The van der Waals surface area contributed by atoms with Crippen LogP contribution in [0, 0.1) is 35.1 Å². The van der Waals surface area contributed by atoms with Gasteiger partial charge in [0.05, 0.1) is 5.56 Å². The van der Waals surface area contributed by atoms with E-state index in [9.17, 15) is 17.6 Å². The van der Waals surface area contributed by atoms with Gasteiger partial charge in [0.15, 0.2) is 11.6 Å². The van der Waals surface area contributed by atoms with Crippen molar-refractivity contribution in [3.63, 3.8) is 0 Å². The normalized spacial score (nSPS) is 10.7. The van der Waals surface area contributed by atoms with Gasteiger partial charge >= 0.3 is 0 Å². The first kappa shape index (κ1) is 19.7. The van der Waals surface area contributed by atoms with Crippen molar-refractivity contribution in [3.05, 3.63) is 107 Å². The molecule has 4 rings (SSSR count). The standard InChI is InChI=1S/C26H16F4/c1-2-16-3-6-18(23(27)11-16)7-4-17-5-10-22(24(28)12-17)20-9-8-19-14-25(29)26(30)15-21(19)13-20/h3,5-6,8-15H,2H2,1H3. The minimum absolute atomic E-state index is 0.250. The Balaban J connectivity index is 1.66. The van der Waals surface area contributed by atoms with Crippen molar-refractivity contribution >= 4 is 10.8 Å². The van der Waals surface area contributed by atoms with E-state index in [2.05, 4.69) is 11.8 Å². The summed E-state index contributed by atoms with van der Waals surface area (Å²) in [6.45, 7) is 1.94. The lowest BCUT2D eigenvalue weighted by Crippen LogP contribution is -1.89. The fourth-order valence-electron chi connectivity index (χ4n) is 3.26. The third kappa shape index (κ3) is 3.92. The van der Waals surface area contributed by atoms with E-state index in [4.69, 9.17) is 0 Å². The number of aryl methyl sites for hydroxylation is 1. The molecule has 0 N–H and O–H groups in total. The summed E-state index contributed by atoms with van der Waals surface area (Å²) in [4.78, 5) is 0. The Labute approximate surface area is 171 Å². The largest absolute Gasteiger partial charge is 0.206 e. The fourth-order valence-corrected chi connectivity index (χ4v) is 3.26. The van der Waals surface area contributed by atoms with Crippen molar-refractivity contribution in [1.82, 2.24) is 0 Å². The molecule has 0 spiro atoms. The third-order valence-electron chi connectivity index (χ3n) is 4.94. The molecule has 4 aromatic carbocycles. The lowest BCUT2D eigenvalue weighted by molar-refractivity contribution is 0.511. The van der Waals surface area contributed by atoms with E-state index in [1.165, 1.54) is 12.1 Å². The highest BCUT2D eigenvalue weighted by atomic mass is 19.2. The van der Waals surface area contributed by atoms with Gasteiger partial charge in [-0.2, -0.15) is 0 Å². The first-order valence-corrected chi connectivity index (χ1v) is 9.44. The Morgan fingerprint density at radius 2 is 1.40 bits per heavy atom. The molecule has 0 aliphatic carbocycles. The maximum atomic E-state index is 14.7. The summed E-state index contributed by atoms with van der Waals surface area (Å²) < 4.78 is 55.7. The molecule has 4 heteroatoms. The lowest BCUT2D eigenvalue weighted by atomic mass is 9.99. The average Bonchev–Trinajstić information content (AvgIpc) is 2.73. The molecule has 0 bridgehead atoms. The first-order valence-electron chi connectivity index (χ1n) is 9.44. The molecule has 0 unspecified atom stereocenters. The van der Waals surface area contributed by atoms with Gasteiger partial charge in [-0.05, 0) is 70.8 Å². The highest BCUT2D eigenvalue weighted by molar-refractivity contribution is 5.87. The SMILES string of the molecule is CCc1ccc(C#Cc2ccc(-c3ccc4cc(F)c(F)cc4c3)c(F)c2)c(F)c1. The highest BCUT2D eigenvalue weighted by Crippen LogP contribution is 2.28. The summed E-state index contributed by atoms with van der Waals surface area (Å²) in [7, 11) is 0. The second kappa shape index (κ2) is 8.04. The molecule has 148 valence electrons. The zero-order valence-electron chi connectivity index (χ0n) is 16.1. The lowest BCUT2D eigenvalue weighted by Gasteiger charge is -2.07. The number of rotatable bonds is 2. The number of fused-ring (bicyclic) bond motifs is 1. The van der Waals surface area contributed by atoms with Crippen molar-refractivity contribution in [3.8, 4) is 23.0 Å². The second-order valence-electron chi connectivity index (χ2n) is 6.94. The third-order valence-corrected chi connectivity index (χ3v) is 4.94. The quantitative estimate of drug-likeness (QED) is 0.249. The molecule has 0 amide bonds. The monoisotopic (exact) mass is 404 g/mol. The van der Waals surface area contributed by atoms with Gasteiger partial charge in [-0.1, -0.05) is 43.0 Å². The molecule has 0 atom stereocenters. The molecule has 0 aliphatic rings. The van der Waals surface area contributed by atoms with Crippen molar-refractivity contribution in [1.29, 1.82) is 0 Å². The van der Waals surface area contributed by atoms with Crippen LogP contribution in [0.5, 0.6) is 0 Å². The average molecular weight is 404 g/mol. The van der Waals surface area contributed by atoms with Crippen LogP contribution in [0.4, 0.5) is 17.6 Å². The minimum atomic E-state index is -0.954. The topological polar surface area (TPSA) is 0 Å². The molecular weight excluding hydrogens is 388 g/mol. The molecule has 0 aliphatic heterocycles. The predicted octanol–water partition coefficient (Wildman–Crippen LogP) is 7.03. The summed E-state index contributed by atoms with van der Waals surface area (Å²) in [5, 5.41) is 0.998. The van der Waals surface area contributed by atoms with Crippen LogP contribution >= 0.6 is 0 Å². The molecule has 0 radical (unpaired) electrons. The van der Waals surface area contributed by atoms with Crippen LogP contribution in [0.15, 0.2) is 66.7 Å². The maximum Gasteiger partial charge on any atom is 0.159 e. The Morgan fingerprint density at radius 3 is 2.10 bits per heavy atom. The van der Waals surface area contributed by atoms with Crippen LogP contribution < -0.4 is 0 Å². The van der Waals surface area contributed by atoms with E-state index in [1.807, 2.05) is 13.0 Å². The van der Waals surface area contributed by atoms with Crippen molar-refractivity contribution in [2.24, 2.45) is 0 Å². The van der Waals surface area contributed by atoms with Crippen LogP contribution in [-0.4, -0.2) is 0 Å². The molecule has 0 fully saturated rings. The summed E-state index contributed by atoms with van der Waals surface area (Å²) in [5.74, 6) is 2.72. The molecule has 4 aromatic rings. The minimum Gasteiger partial charge on any atom is -0.206 e. The van der Waals surface area contributed by atoms with E-state index in [1.54, 1.807) is 36.4 Å². The Morgan fingerprint density at radius 1 is 0.633 bits per heavy atom. The zero-order valence-corrected chi connectivity index (χ0v) is 16.1. The summed E-state index contributed by atoms with van der Waals surface area (Å²) in [6.07, 6.45) is 0.730. The van der Waals surface area contributed by atoms with E-state index < -0.39 is 23.3 Å².